The summed E-state index contributed by atoms with van der Waals surface area (Å²) in [5.74, 6) is -0.384. The van der Waals surface area contributed by atoms with E-state index in [1.165, 1.54) is 12.3 Å². The molecule has 0 aliphatic rings. The number of hydrogen-bond donors (Lipinski definition) is 1. The smallest absolute Gasteiger partial charge is 0.261 e. The number of nitrogens with one attached hydrogen (secondary N) is 1. The van der Waals surface area contributed by atoms with Gasteiger partial charge in [0.2, 0.25) is 5.03 Å². The highest BCUT2D eigenvalue weighted by molar-refractivity contribution is 7.89. The Balaban J connectivity index is 2.32. The van der Waals surface area contributed by atoms with Crippen LogP contribution in [0.15, 0.2) is 27.9 Å². The van der Waals surface area contributed by atoms with Gasteiger partial charge >= 0.3 is 0 Å². The lowest BCUT2D eigenvalue weighted by Gasteiger charge is -2.13. The molecule has 1 atom stereocenters. The summed E-state index contributed by atoms with van der Waals surface area (Å²) in [4.78, 5) is 3.56. The van der Waals surface area contributed by atoms with Crippen molar-refractivity contribution in [1.82, 2.24) is 14.9 Å². The Kier molecular flexibility index (Phi) is 3.87. The minimum absolute atomic E-state index is 0.513. The molecular formula is C12H14FN3O3S. The number of hydrogen-bond acceptors (Lipinski definition) is 5. The van der Waals surface area contributed by atoms with Crippen molar-refractivity contribution in [2.75, 3.05) is 0 Å². The molecule has 0 fully saturated rings. The molecule has 2 aromatic rings. The van der Waals surface area contributed by atoms with Gasteiger partial charge in [0.05, 0.1) is 5.69 Å². The van der Waals surface area contributed by atoms with Crippen LogP contribution in [0.1, 0.15) is 30.0 Å². The molecule has 0 aromatic carbocycles. The number of halogens is 1. The van der Waals surface area contributed by atoms with Gasteiger partial charge in [0.15, 0.2) is 5.82 Å². The molecule has 2 aromatic heterocycles. The van der Waals surface area contributed by atoms with Gasteiger partial charge in [-0.05, 0) is 32.9 Å². The van der Waals surface area contributed by atoms with Crippen LogP contribution in [0.5, 0.6) is 0 Å². The molecule has 1 N–H and O–H groups in total. The molecule has 108 valence electrons. The van der Waals surface area contributed by atoms with Crippen LogP contribution in [-0.4, -0.2) is 18.6 Å². The zero-order chi connectivity index (χ0) is 14.9. The molecule has 2 rings (SSSR count). The zero-order valence-corrected chi connectivity index (χ0v) is 12.0. The highest BCUT2D eigenvalue weighted by Crippen LogP contribution is 2.23. The van der Waals surface area contributed by atoms with Gasteiger partial charge in [-0.2, -0.15) is 0 Å². The Morgan fingerprint density at radius 2 is 2.10 bits per heavy atom. The minimum Gasteiger partial charge on any atom is -0.361 e. The van der Waals surface area contributed by atoms with Crippen molar-refractivity contribution in [1.29, 1.82) is 0 Å². The molecule has 0 radical (unpaired) electrons. The second-order valence-corrected chi connectivity index (χ2v) is 6.00. The quantitative estimate of drug-likeness (QED) is 0.931. The zero-order valence-electron chi connectivity index (χ0n) is 11.2. The maximum atomic E-state index is 13.5. The first-order valence-electron chi connectivity index (χ1n) is 5.88. The van der Waals surface area contributed by atoms with Crippen molar-refractivity contribution in [3.8, 4) is 0 Å². The molecule has 0 aliphatic heterocycles. The maximum Gasteiger partial charge on any atom is 0.261 e. The van der Waals surface area contributed by atoms with E-state index < -0.39 is 26.9 Å². The molecule has 0 saturated heterocycles. The predicted molar refractivity (Wildman–Crippen MR) is 68.9 cm³/mol. The van der Waals surface area contributed by atoms with Crippen LogP contribution in [0.4, 0.5) is 4.39 Å². The van der Waals surface area contributed by atoms with Crippen LogP contribution in [-0.2, 0) is 10.0 Å². The van der Waals surface area contributed by atoms with Gasteiger partial charge in [0.1, 0.15) is 5.76 Å². The standard InChI is InChI=1S/C12H14FN3O3S/c1-7-11(9(3)19-15-7)8(2)16-20(17,18)12-10(13)5-4-6-14-12/h4-6,8,16H,1-3H3. The van der Waals surface area contributed by atoms with Crippen LogP contribution in [0.25, 0.3) is 0 Å². The van der Waals surface area contributed by atoms with Gasteiger partial charge in [-0.15, -0.1) is 0 Å². The summed E-state index contributed by atoms with van der Waals surface area (Å²) in [5.41, 5.74) is 1.21. The number of nitrogens with zero attached hydrogens (tertiary/aromatic N) is 2. The second-order valence-electron chi connectivity index (χ2n) is 4.37. The predicted octanol–water partition coefficient (Wildman–Crippen LogP) is 1.87. The highest BCUT2D eigenvalue weighted by Gasteiger charge is 2.26. The van der Waals surface area contributed by atoms with E-state index in [-0.39, 0.29) is 0 Å². The lowest BCUT2D eigenvalue weighted by Crippen LogP contribution is -2.29. The summed E-state index contributed by atoms with van der Waals surface area (Å²) in [6, 6.07) is 1.77. The summed E-state index contributed by atoms with van der Waals surface area (Å²) in [6.07, 6.45) is 1.22. The van der Waals surface area contributed by atoms with Gasteiger partial charge in [-0.3, -0.25) is 0 Å². The van der Waals surface area contributed by atoms with E-state index in [2.05, 4.69) is 14.9 Å². The van der Waals surface area contributed by atoms with Crippen molar-refractivity contribution in [3.63, 3.8) is 0 Å². The fourth-order valence-electron chi connectivity index (χ4n) is 2.02. The molecule has 0 aliphatic carbocycles. The highest BCUT2D eigenvalue weighted by atomic mass is 32.2. The third kappa shape index (κ3) is 2.70. The largest absolute Gasteiger partial charge is 0.361 e. The molecule has 20 heavy (non-hydrogen) atoms. The third-order valence-electron chi connectivity index (χ3n) is 2.83. The maximum absolute atomic E-state index is 13.5. The van der Waals surface area contributed by atoms with E-state index in [1.807, 2.05) is 0 Å². The van der Waals surface area contributed by atoms with E-state index in [1.54, 1.807) is 20.8 Å². The molecule has 2 heterocycles. The van der Waals surface area contributed by atoms with Crippen molar-refractivity contribution in [2.24, 2.45) is 0 Å². The summed E-state index contributed by atoms with van der Waals surface area (Å²) in [6.45, 7) is 5.02. The van der Waals surface area contributed by atoms with E-state index in [0.29, 0.717) is 17.0 Å². The van der Waals surface area contributed by atoms with Crippen molar-refractivity contribution in [2.45, 2.75) is 31.8 Å². The molecule has 1 unspecified atom stereocenters. The minimum atomic E-state index is -4.06. The monoisotopic (exact) mass is 299 g/mol. The third-order valence-corrected chi connectivity index (χ3v) is 4.31. The number of aryl methyl sites for hydroxylation is 2. The van der Waals surface area contributed by atoms with Gasteiger partial charge in [-0.1, -0.05) is 5.16 Å². The van der Waals surface area contributed by atoms with E-state index in [4.69, 9.17) is 4.52 Å². The number of pyridine rings is 1. The molecule has 0 spiro atoms. The van der Waals surface area contributed by atoms with Gasteiger partial charge < -0.3 is 4.52 Å². The molecule has 0 bridgehead atoms. The second kappa shape index (κ2) is 5.29. The fraction of sp³-hybridized carbons (Fsp3) is 0.333. The Labute approximate surface area is 116 Å². The van der Waals surface area contributed by atoms with Crippen molar-refractivity contribution >= 4 is 10.0 Å². The van der Waals surface area contributed by atoms with E-state index in [9.17, 15) is 12.8 Å². The Morgan fingerprint density at radius 3 is 2.65 bits per heavy atom. The van der Waals surface area contributed by atoms with Crippen LogP contribution in [0.2, 0.25) is 0 Å². The Morgan fingerprint density at radius 1 is 1.40 bits per heavy atom. The first-order valence-corrected chi connectivity index (χ1v) is 7.37. The van der Waals surface area contributed by atoms with Crippen molar-refractivity contribution in [3.05, 3.63) is 41.2 Å². The van der Waals surface area contributed by atoms with Gasteiger partial charge in [0.25, 0.3) is 10.0 Å². The van der Waals surface area contributed by atoms with Crippen LogP contribution < -0.4 is 4.72 Å². The first-order chi connectivity index (χ1) is 9.33. The average molecular weight is 299 g/mol. The number of rotatable bonds is 4. The summed E-state index contributed by atoms with van der Waals surface area (Å²) in [7, 11) is -4.06. The van der Waals surface area contributed by atoms with Crippen LogP contribution in [0.3, 0.4) is 0 Å². The number of sulfonamides is 1. The van der Waals surface area contributed by atoms with Gasteiger partial charge in [-0.25, -0.2) is 22.5 Å². The molecular weight excluding hydrogens is 285 g/mol. The molecule has 0 amide bonds. The Bertz CT molecular complexity index is 708. The fourth-order valence-corrected chi connectivity index (χ4v) is 3.24. The van der Waals surface area contributed by atoms with Crippen LogP contribution in [0, 0.1) is 19.7 Å². The lowest BCUT2D eigenvalue weighted by molar-refractivity contribution is 0.391. The number of aromatic nitrogens is 2. The van der Waals surface area contributed by atoms with E-state index >= 15 is 0 Å². The summed E-state index contributed by atoms with van der Waals surface area (Å²) >= 11 is 0. The summed E-state index contributed by atoms with van der Waals surface area (Å²) < 4.78 is 45.1. The lowest BCUT2D eigenvalue weighted by atomic mass is 10.1. The van der Waals surface area contributed by atoms with Crippen LogP contribution >= 0.6 is 0 Å². The molecule has 0 saturated carbocycles. The first kappa shape index (κ1) is 14.6. The normalized spacial score (nSPS) is 13.4. The van der Waals surface area contributed by atoms with E-state index in [0.717, 1.165) is 6.07 Å². The summed E-state index contributed by atoms with van der Waals surface area (Å²) in [5, 5.41) is 3.13. The molecule has 8 heteroatoms. The SMILES string of the molecule is Cc1noc(C)c1C(C)NS(=O)(=O)c1ncccc1F. The topological polar surface area (TPSA) is 85.1 Å². The van der Waals surface area contributed by atoms with Crippen molar-refractivity contribution < 1.29 is 17.3 Å². The average Bonchev–Trinajstić information content (AvgIpc) is 2.68. The van der Waals surface area contributed by atoms with Gasteiger partial charge in [0, 0.05) is 17.8 Å². The molecule has 6 nitrogen and oxygen atoms in total. The Hall–Kier alpha value is -1.80.